The molecular formula is C25H20Cl2N2O4. The summed E-state index contributed by atoms with van der Waals surface area (Å²) >= 11 is 12.7. The van der Waals surface area contributed by atoms with Gasteiger partial charge in [0.05, 0.1) is 24.0 Å². The summed E-state index contributed by atoms with van der Waals surface area (Å²) in [5.74, 6) is -1.15. The van der Waals surface area contributed by atoms with Crippen molar-refractivity contribution in [3.8, 4) is 5.75 Å². The molecule has 168 valence electrons. The first-order valence-electron chi connectivity index (χ1n) is 10.6. The number of halogens is 2. The van der Waals surface area contributed by atoms with Crippen LogP contribution in [0.2, 0.25) is 10.0 Å². The van der Waals surface area contributed by atoms with Gasteiger partial charge >= 0.3 is 0 Å². The summed E-state index contributed by atoms with van der Waals surface area (Å²) in [4.78, 5) is 34.6. The Morgan fingerprint density at radius 2 is 1.67 bits per heavy atom. The second-order valence-corrected chi connectivity index (χ2v) is 8.58. The lowest BCUT2D eigenvalue weighted by Gasteiger charge is -2.29. The molecule has 0 aliphatic carbocycles. The quantitative estimate of drug-likeness (QED) is 0.453. The fraction of sp³-hybridized carbons (Fsp3) is 0.200. The first-order chi connectivity index (χ1) is 16.0. The molecule has 0 bridgehead atoms. The molecule has 0 radical (unpaired) electrons. The molecule has 33 heavy (non-hydrogen) atoms. The summed E-state index contributed by atoms with van der Waals surface area (Å²) in [6, 6.07) is 20.8. The predicted molar refractivity (Wildman–Crippen MR) is 127 cm³/mol. The van der Waals surface area contributed by atoms with Gasteiger partial charge in [0.2, 0.25) is 5.91 Å². The van der Waals surface area contributed by atoms with Crippen molar-refractivity contribution < 1.29 is 19.2 Å². The van der Waals surface area contributed by atoms with Gasteiger partial charge in [-0.15, -0.1) is 0 Å². The van der Waals surface area contributed by atoms with Crippen LogP contribution in [0.5, 0.6) is 5.75 Å². The summed E-state index contributed by atoms with van der Waals surface area (Å²) in [5.41, 5.74) is 1.77. The van der Waals surface area contributed by atoms with Crippen molar-refractivity contribution in [3.05, 3.63) is 88.4 Å². The molecule has 8 heteroatoms. The third-order valence-corrected chi connectivity index (χ3v) is 6.38. The highest BCUT2D eigenvalue weighted by molar-refractivity contribution is 6.35. The Hall–Kier alpha value is -3.06. The fourth-order valence-electron chi connectivity index (χ4n) is 4.43. The third-order valence-electron chi connectivity index (χ3n) is 5.81. The summed E-state index contributed by atoms with van der Waals surface area (Å²) in [6.45, 7) is 2.25. The summed E-state index contributed by atoms with van der Waals surface area (Å²) in [6.07, 6.45) is -0.996. The van der Waals surface area contributed by atoms with Crippen molar-refractivity contribution in [3.63, 3.8) is 0 Å². The first-order valence-corrected chi connectivity index (χ1v) is 11.3. The zero-order valence-electron chi connectivity index (χ0n) is 17.7. The lowest BCUT2D eigenvalue weighted by molar-refractivity contribution is -0.126. The Labute approximate surface area is 201 Å². The lowest BCUT2D eigenvalue weighted by atomic mass is 9.90. The van der Waals surface area contributed by atoms with E-state index in [0.717, 1.165) is 0 Å². The van der Waals surface area contributed by atoms with E-state index in [4.69, 9.17) is 32.8 Å². The first kappa shape index (κ1) is 21.8. The Morgan fingerprint density at radius 1 is 0.939 bits per heavy atom. The molecule has 0 unspecified atom stereocenters. The number of anilines is 2. The van der Waals surface area contributed by atoms with E-state index in [-0.39, 0.29) is 5.91 Å². The maximum absolute atomic E-state index is 13.8. The van der Waals surface area contributed by atoms with E-state index in [1.807, 2.05) is 37.3 Å². The molecule has 0 saturated carbocycles. The van der Waals surface area contributed by atoms with Crippen LogP contribution in [0.1, 0.15) is 18.5 Å². The van der Waals surface area contributed by atoms with Gasteiger partial charge in [-0.05, 0) is 48.9 Å². The predicted octanol–water partition coefficient (Wildman–Crippen LogP) is 5.44. The molecule has 6 nitrogen and oxygen atoms in total. The third kappa shape index (κ3) is 3.64. The van der Waals surface area contributed by atoms with E-state index >= 15 is 0 Å². The minimum atomic E-state index is -0.996. The zero-order chi connectivity index (χ0) is 23.1. The van der Waals surface area contributed by atoms with Crippen molar-refractivity contribution in [2.24, 2.45) is 5.92 Å². The number of imide groups is 1. The largest absolute Gasteiger partial charge is 0.492 e. The number of fused-ring (bicyclic) bond motifs is 1. The highest BCUT2D eigenvalue weighted by Gasteiger charge is 2.61. The average Bonchev–Trinajstić information content (AvgIpc) is 3.31. The number of rotatable bonds is 5. The van der Waals surface area contributed by atoms with Gasteiger partial charge < -0.3 is 4.74 Å². The average molecular weight is 483 g/mol. The zero-order valence-corrected chi connectivity index (χ0v) is 19.2. The standard InChI is InChI=1S/C25H20Cl2N2O4/c1-2-32-20-11-7-6-10-19(20)28-24(30)21-22(17-13-12-15(26)14-18(17)27)29(33-23(21)25(28)31)16-8-4-3-5-9-16/h3-14,21-23H,2H2,1H3/t21-,22-,23-/m1/s1. The maximum atomic E-state index is 13.8. The Balaban J connectivity index is 1.61. The molecule has 2 amide bonds. The fourth-order valence-corrected chi connectivity index (χ4v) is 4.95. The minimum Gasteiger partial charge on any atom is -0.492 e. The number of nitrogens with zero attached hydrogens (tertiary/aromatic N) is 2. The molecule has 2 aliphatic heterocycles. The number of amides is 2. The van der Waals surface area contributed by atoms with Gasteiger partial charge in [0.25, 0.3) is 5.91 Å². The normalized spacial score (nSPS) is 22.1. The van der Waals surface area contributed by atoms with Gasteiger partial charge in [-0.2, -0.15) is 0 Å². The van der Waals surface area contributed by atoms with Crippen LogP contribution in [0.3, 0.4) is 0 Å². The number of hydrogen-bond acceptors (Lipinski definition) is 5. The monoisotopic (exact) mass is 482 g/mol. The van der Waals surface area contributed by atoms with Gasteiger partial charge in [-0.1, -0.05) is 59.6 Å². The highest BCUT2D eigenvalue weighted by atomic mass is 35.5. The topological polar surface area (TPSA) is 59.1 Å². The number of carbonyl (C=O) groups excluding carboxylic acids is 2. The highest BCUT2D eigenvalue weighted by Crippen LogP contribution is 2.50. The number of hydrogen-bond donors (Lipinski definition) is 0. The Morgan fingerprint density at radius 3 is 2.39 bits per heavy atom. The Kier molecular flexibility index (Phi) is 5.74. The number of ether oxygens (including phenoxy) is 1. The number of para-hydroxylation sites is 3. The van der Waals surface area contributed by atoms with Crippen LogP contribution < -0.4 is 14.7 Å². The van der Waals surface area contributed by atoms with Crippen molar-refractivity contribution >= 4 is 46.4 Å². The lowest BCUT2D eigenvalue weighted by Crippen LogP contribution is -2.37. The van der Waals surface area contributed by atoms with Crippen molar-refractivity contribution in [2.45, 2.75) is 19.1 Å². The number of hydroxylamine groups is 1. The van der Waals surface area contributed by atoms with Gasteiger partial charge in [-0.25, -0.2) is 9.96 Å². The van der Waals surface area contributed by atoms with Crippen LogP contribution in [0, 0.1) is 5.92 Å². The minimum absolute atomic E-state index is 0.369. The molecule has 2 fully saturated rings. The smallest absolute Gasteiger partial charge is 0.266 e. The van der Waals surface area contributed by atoms with Crippen LogP contribution in [-0.2, 0) is 14.4 Å². The molecule has 3 atom stereocenters. The molecule has 5 rings (SSSR count). The van der Waals surface area contributed by atoms with E-state index in [9.17, 15) is 9.59 Å². The molecule has 3 aromatic carbocycles. The van der Waals surface area contributed by atoms with E-state index in [1.165, 1.54) is 4.90 Å². The number of benzene rings is 3. The van der Waals surface area contributed by atoms with Crippen LogP contribution in [0.15, 0.2) is 72.8 Å². The van der Waals surface area contributed by atoms with Crippen molar-refractivity contribution in [2.75, 3.05) is 16.6 Å². The molecule has 2 heterocycles. The maximum Gasteiger partial charge on any atom is 0.266 e. The number of carbonyl (C=O) groups is 2. The molecule has 2 saturated heterocycles. The van der Waals surface area contributed by atoms with Crippen LogP contribution in [0.4, 0.5) is 11.4 Å². The van der Waals surface area contributed by atoms with Gasteiger partial charge in [0.15, 0.2) is 6.10 Å². The van der Waals surface area contributed by atoms with E-state index in [0.29, 0.717) is 39.3 Å². The molecule has 0 N–H and O–H groups in total. The van der Waals surface area contributed by atoms with Gasteiger partial charge in [0, 0.05) is 10.0 Å². The molecule has 0 aromatic heterocycles. The van der Waals surface area contributed by atoms with Crippen molar-refractivity contribution in [1.29, 1.82) is 0 Å². The summed E-state index contributed by atoms with van der Waals surface area (Å²) < 4.78 is 5.67. The van der Waals surface area contributed by atoms with Crippen LogP contribution in [0.25, 0.3) is 0 Å². The van der Waals surface area contributed by atoms with E-state index in [1.54, 1.807) is 47.5 Å². The van der Waals surface area contributed by atoms with Crippen molar-refractivity contribution in [1.82, 2.24) is 0 Å². The SMILES string of the molecule is CCOc1ccccc1N1C(=O)[C@@H]2[C@@H](c3ccc(Cl)cc3Cl)N(c3ccccc3)O[C@H]2C1=O. The second kappa shape index (κ2) is 8.71. The second-order valence-electron chi connectivity index (χ2n) is 7.74. The van der Waals surface area contributed by atoms with Gasteiger partial charge in [0.1, 0.15) is 11.7 Å². The molecule has 2 aliphatic rings. The Bertz CT molecular complexity index is 1220. The van der Waals surface area contributed by atoms with E-state index < -0.39 is 24.0 Å². The summed E-state index contributed by atoms with van der Waals surface area (Å²) in [7, 11) is 0. The van der Waals surface area contributed by atoms with Gasteiger partial charge in [-0.3, -0.25) is 14.4 Å². The van der Waals surface area contributed by atoms with E-state index in [2.05, 4.69) is 0 Å². The molecular weight excluding hydrogens is 463 g/mol. The molecule has 0 spiro atoms. The van der Waals surface area contributed by atoms with Crippen LogP contribution >= 0.6 is 23.2 Å². The van der Waals surface area contributed by atoms with Crippen LogP contribution in [-0.4, -0.2) is 24.5 Å². The molecule has 3 aromatic rings. The summed E-state index contributed by atoms with van der Waals surface area (Å²) in [5, 5.41) is 2.48.